The monoisotopic (exact) mass is 531 g/mol. The number of likely N-dealkylation sites (tertiary alicyclic amines) is 5. The number of rotatable bonds is 0. The second kappa shape index (κ2) is 11.9. The molecule has 0 N–H and O–H groups in total. The fourth-order valence-electron chi connectivity index (χ4n) is 9.88. The zero-order valence-corrected chi connectivity index (χ0v) is 26.4. The highest BCUT2D eigenvalue weighted by molar-refractivity contribution is 5.03. The lowest BCUT2D eigenvalue weighted by Crippen LogP contribution is -2.70. The lowest BCUT2D eigenvalue weighted by atomic mass is 9.74. The maximum absolute atomic E-state index is 2.60. The normalized spacial score (nSPS) is 43.9. The van der Waals surface area contributed by atoms with Crippen molar-refractivity contribution in [1.82, 2.24) is 29.4 Å². The highest BCUT2D eigenvalue weighted by Gasteiger charge is 2.48. The zero-order valence-electron chi connectivity index (χ0n) is 26.4. The Bertz CT molecular complexity index is 666. The molecule has 0 aromatic heterocycles. The molecule has 0 aromatic rings. The average Bonchev–Trinajstić information content (AvgIpc) is 3.47. The van der Waals surface area contributed by atoms with Crippen molar-refractivity contribution in [2.45, 2.75) is 83.0 Å². The molecule has 7 aliphatic heterocycles. The van der Waals surface area contributed by atoms with Crippen LogP contribution in [0, 0.1) is 29.1 Å². The molecule has 6 bridgehead atoms. The summed E-state index contributed by atoms with van der Waals surface area (Å²) >= 11 is 0. The van der Waals surface area contributed by atoms with Crippen LogP contribution in [0.3, 0.4) is 0 Å². The van der Waals surface area contributed by atoms with Gasteiger partial charge in [0.25, 0.3) is 0 Å². The van der Waals surface area contributed by atoms with Gasteiger partial charge in [-0.1, -0.05) is 13.8 Å². The number of piperazine rings is 1. The first-order valence-electron chi connectivity index (χ1n) is 16.2. The van der Waals surface area contributed by atoms with Crippen LogP contribution in [0.5, 0.6) is 0 Å². The smallest absolute Gasteiger partial charge is 0.0236 e. The molecule has 220 valence electrons. The van der Waals surface area contributed by atoms with Crippen LogP contribution in [-0.4, -0.2) is 148 Å². The lowest BCUT2D eigenvalue weighted by molar-refractivity contribution is -0.0926. The Labute approximate surface area is 236 Å². The molecule has 1 spiro atoms. The summed E-state index contributed by atoms with van der Waals surface area (Å²) in [5, 5.41) is 0. The fourth-order valence-corrected chi connectivity index (χ4v) is 9.88. The van der Waals surface area contributed by atoms with Crippen LogP contribution in [0.1, 0.15) is 58.8 Å². The number of nitrogens with zero attached hydrogens (tertiary/aromatic N) is 6. The summed E-state index contributed by atoms with van der Waals surface area (Å²) in [7, 11) is 13.4. The molecule has 6 nitrogen and oxygen atoms in total. The van der Waals surface area contributed by atoms with E-state index in [4.69, 9.17) is 0 Å². The Balaban J connectivity index is 0.000000103. The Kier molecular flexibility index (Phi) is 9.19. The lowest BCUT2D eigenvalue weighted by Gasteiger charge is -2.58. The van der Waals surface area contributed by atoms with Gasteiger partial charge in [-0.15, -0.1) is 0 Å². The summed E-state index contributed by atoms with van der Waals surface area (Å²) in [5.41, 5.74) is 0.740. The Morgan fingerprint density at radius 3 is 1.32 bits per heavy atom. The van der Waals surface area contributed by atoms with E-state index in [9.17, 15) is 0 Å². The van der Waals surface area contributed by atoms with Gasteiger partial charge in [0.15, 0.2) is 0 Å². The quantitative estimate of drug-likeness (QED) is 0.475. The van der Waals surface area contributed by atoms with Crippen LogP contribution in [0.4, 0.5) is 0 Å². The predicted octanol–water partition coefficient (Wildman–Crippen LogP) is 3.34. The van der Waals surface area contributed by atoms with E-state index in [2.05, 4.69) is 85.5 Å². The average molecular weight is 531 g/mol. The van der Waals surface area contributed by atoms with Crippen LogP contribution in [-0.2, 0) is 0 Å². The van der Waals surface area contributed by atoms with Crippen LogP contribution >= 0.6 is 0 Å². The Morgan fingerprint density at radius 1 is 0.500 bits per heavy atom. The molecule has 8 aliphatic rings. The summed E-state index contributed by atoms with van der Waals surface area (Å²) in [6.07, 6.45) is 10.2. The number of fused-ring (bicyclic) bond motifs is 6. The van der Waals surface area contributed by atoms with Crippen LogP contribution in [0.2, 0.25) is 0 Å². The Morgan fingerprint density at radius 2 is 0.947 bits per heavy atom. The van der Waals surface area contributed by atoms with E-state index in [-0.39, 0.29) is 0 Å². The van der Waals surface area contributed by atoms with Gasteiger partial charge in [0, 0.05) is 81.9 Å². The number of hydrogen-bond donors (Lipinski definition) is 0. The molecule has 8 rings (SSSR count). The van der Waals surface area contributed by atoms with Crippen molar-refractivity contribution in [1.29, 1.82) is 0 Å². The van der Waals surface area contributed by atoms with Gasteiger partial charge in [-0.25, -0.2) is 0 Å². The zero-order chi connectivity index (χ0) is 27.2. The minimum Gasteiger partial charge on any atom is -0.306 e. The van der Waals surface area contributed by atoms with E-state index in [0.717, 1.165) is 53.3 Å². The van der Waals surface area contributed by atoms with Gasteiger partial charge in [-0.05, 0) is 111 Å². The molecule has 1 aliphatic carbocycles. The van der Waals surface area contributed by atoms with Gasteiger partial charge in [0.1, 0.15) is 0 Å². The summed E-state index contributed by atoms with van der Waals surface area (Å²) in [4.78, 5) is 14.8. The maximum Gasteiger partial charge on any atom is 0.0236 e. The van der Waals surface area contributed by atoms with Crippen molar-refractivity contribution in [2.75, 3.05) is 94.6 Å². The van der Waals surface area contributed by atoms with Crippen molar-refractivity contribution in [3.05, 3.63) is 0 Å². The largest absolute Gasteiger partial charge is 0.306 e. The van der Waals surface area contributed by atoms with E-state index in [1.54, 1.807) is 0 Å². The van der Waals surface area contributed by atoms with Crippen LogP contribution in [0.15, 0.2) is 0 Å². The van der Waals surface area contributed by atoms with E-state index < -0.39 is 0 Å². The molecule has 6 heteroatoms. The van der Waals surface area contributed by atoms with Gasteiger partial charge in [-0.3, -0.25) is 0 Å². The highest BCUT2D eigenvalue weighted by atomic mass is 15.3. The SMILES string of the molecule is CC1C2CCC1CN(C)C2.CC1CC2CCC(C1)N2C.CN1CC2(C1)CN(C)C2.CN1CC2CC1CN2C. The fraction of sp³-hybridized carbons (Fsp3) is 1.00. The molecule has 7 saturated heterocycles. The minimum absolute atomic E-state index is 0.740. The standard InChI is InChI=1S/2C9H17N.2C7H14N2/c1-7-8-3-4-9(7)6-10(2)5-8;1-7-5-8-3-4-9(6-7)10(8)2;1-8-3-7(4-8)5-9(2)6-7;1-8-4-7-3-6(8)5-9(7)2/h2*7-9H,3-6H2,1-2H3;3-6H2,1-2H3;6-7H,3-5H2,1-2H3. The molecule has 0 amide bonds. The van der Waals surface area contributed by atoms with Gasteiger partial charge in [-0.2, -0.15) is 0 Å². The third-order valence-electron chi connectivity index (χ3n) is 12.0. The molecule has 38 heavy (non-hydrogen) atoms. The van der Waals surface area contributed by atoms with Crippen molar-refractivity contribution in [2.24, 2.45) is 29.1 Å². The third-order valence-corrected chi connectivity index (χ3v) is 12.0. The van der Waals surface area contributed by atoms with Crippen LogP contribution < -0.4 is 0 Å². The van der Waals surface area contributed by atoms with E-state index in [1.165, 1.54) is 97.3 Å². The molecular formula is C32H62N6. The van der Waals surface area contributed by atoms with E-state index in [1.807, 2.05) is 0 Å². The minimum atomic E-state index is 0.740. The first kappa shape index (κ1) is 29.3. The van der Waals surface area contributed by atoms with Gasteiger partial charge in [0.05, 0.1) is 0 Å². The second-order valence-corrected chi connectivity index (χ2v) is 15.6. The second-order valence-electron chi connectivity index (χ2n) is 15.6. The van der Waals surface area contributed by atoms with Crippen LogP contribution in [0.25, 0.3) is 0 Å². The molecule has 0 aromatic carbocycles. The van der Waals surface area contributed by atoms with Gasteiger partial charge in [0.2, 0.25) is 0 Å². The number of piperidine rings is 2. The molecule has 6 atom stereocenters. The molecule has 1 saturated carbocycles. The third kappa shape index (κ3) is 6.46. The molecule has 8 fully saturated rings. The summed E-state index contributed by atoms with van der Waals surface area (Å²) in [6.45, 7) is 15.5. The predicted molar refractivity (Wildman–Crippen MR) is 161 cm³/mol. The van der Waals surface area contributed by atoms with Gasteiger partial charge >= 0.3 is 0 Å². The van der Waals surface area contributed by atoms with E-state index in [0.29, 0.717) is 0 Å². The number of hydrogen-bond acceptors (Lipinski definition) is 6. The highest BCUT2D eigenvalue weighted by Crippen LogP contribution is 2.41. The number of likely N-dealkylation sites (N-methyl/N-ethyl adjacent to an activating group) is 2. The van der Waals surface area contributed by atoms with Crippen molar-refractivity contribution in [3.8, 4) is 0 Å². The first-order chi connectivity index (χ1) is 18.0. The summed E-state index contributed by atoms with van der Waals surface area (Å²) < 4.78 is 0. The molecule has 7 heterocycles. The van der Waals surface area contributed by atoms with Crippen molar-refractivity contribution < 1.29 is 0 Å². The Hall–Kier alpha value is -0.240. The van der Waals surface area contributed by atoms with Gasteiger partial charge < -0.3 is 29.4 Å². The molecular weight excluding hydrogens is 468 g/mol. The summed E-state index contributed by atoms with van der Waals surface area (Å²) in [6, 6.07) is 3.63. The molecule has 0 radical (unpaired) electrons. The van der Waals surface area contributed by atoms with E-state index >= 15 is 0 Å². The maximum atomic E-state index is 2.60. The van der Waals surface area contributed by atoms with Crippen molar-refractivity contribution in [3.63, 3.8) is 0 Å². The summed E-state index contributed by atoms with van der Waals surface area (Å²) in [5.74, 6) is 4.08. The topological polar surface area (TPSA) is 19.4 Å². The first-order valence-corrected chi connectivity index (χ1v) is 16.2. The molecule has 6 unspecified atom stereocenters. The van der Waals surface area contributed by atoms with Crippen molar-refractivity contribution >= 4 is 0 Å².